The van der Waals surface area contributed by atoms with Crippen molar-refractivity contribution < 1.29 is 9.53 Å². The molecule has 94 valence electrons. The van der Waals surface area contributed by atoms with Crippen molar-refractivity contribution in [2.75, 3.05) is 20.2 Å². The fraction of sp³-hybridized carbons (Fsp3) is 0.462. The lowest BCUT2D eigenvalue weighted by Gasteiger charge is -2.19. The Kier molecular flexibility index (Phi) is 4.97. The fourth-order valence-electron chi connectivity index (χ4n) is 1.39. The summed E-state index contributed by atoms with van der Waals surface area (Å²) >= 11 is 0. The Morgan fingerprint density at radius 2 is 2.00 bits per heavy atom. The van der Waals surface area contributed by atoms with E-state index in [1.54, 1.807) is 18.9 Å². The van der Waals surface area contributed by atoms with E-state index in [9.17, 15) is 4.79 Å². The molecule has 2 N–H and O–H groups in total. The Morgan fingerprint density at radius 1 is 1.41 bits per heavy atom. The largest absolute Gasteiger partial charge is 0.492 e. The van der Waals surface area contributed by atoms with Crippen LogP contribution in [0.5, 0.6) is 5.75 Å². The summed E-state index contributed by atoms with van der Waals surface area (Å²) in [7, 11) is 1.73. The number of aryl methyl sites for hydroxylation is 1. The van der Waals surface area contributed by atoms with E-state index in [1.165, 1.54) is 5.56 Å². The van der Waals surface area contributed by atoms with Crippen LogP contribution >= 0.6 is 0 Å². The molecule has 1 atom stereocenters. The van der Waals surface area contributed by atoms with Crippen LogP contribution in [0.15, 0.2) is 24.3 Å². The van der Waals surface area contributed by atoms with Crippen LogP contribution in [0.4, 0.5) is 0 Å². The average Bonchev–Trinajstić information content (AvgIpc) is 2.30. The van der Waals surface area contributed by atoms with E-state index < -0.39 is 6.04 Å². The van der Waals surface area contributed by atoms with Crippen molar-refractivity contribution in [1.82, 2.24) is 4.90 Å². The number of hydrogen-bond donors (Lipinski definition) is 1. The summed E-state index contributed by atoms with van der Waals surface area (Å²) in [5.74, 6) is 0.745. The maximum absolute atomic E-state index is 11.5. The first-order chi connectivity index (χ1) is 8.00. The lowest BCUT2D eigenvalue weighted by Crippen LogP contribution is -2.41. The first-order valence-corrected chi connectivity index (χ1v) is 5.70. The number of benzene rings is 1. The number of rotatable bonds is 5. The molecule has 1 aromatic carbocycles. The number of ether oxygens (including phenoxy) is 1. The molecule has 1 amide bonds. The van der Waals surface area contributed by atoms with E-state index in [2.05, 4.69) is 0 Å². The minimum Gasteiger partial charge on any atom is -0.492 e. The van der Waals surface area contributed by atoms with Crippen molar-refractivity contribution in [3.63, 3.8) is 0 Å². The molecule has 4 nitrogen and oxygen atoms in total. The van der Waals surface area contributed by atoms with Crippen LogP contribution in [-0.4, -0.2) is 37.0 Å². The summed E-state index contributed by atoms with van der Waals surface area (Å²) in [6.45, 7) is 4.71. The molecule has 0 unspecified atom stereocenters. The van der Waals surface area contributed by atoms with Crippen molar-refractivity contribution in [2.45, 2.75) is 19.9 Å². The molecule has 0 fully saturated rings. The van der Waals surface area contributed by atoms with Gasteiger partial charge in [-0.3, -0.25) is 4.79 Å². The highest BCUT2D eigenvalue weighted by molar-refractivity contribution is 5.80. The summed E-state index contributed by atoms with van der Waals surface area (Å²) in [5, 5.41) is 0. The fourth-order valence-corrected chi connectivity index (χ4v) is 1.39. The Bertz CT molecular complexity index is 360. The smallest absolute Gasteiger partial charge is 0.239 e. The number of hydrogen-bond acceptors (Lipinski definition) is 3. The molecule has 0 aliphatic heterocycles. The van der Waals surface area contributed by atoms with Gasteiger partial charge in [-0.2, -0.15) is 0 Å². The number of nitrogens with zero attached hydrogens (tertiary/aromatic N) is 1. The molecule has 1 aromatic rings. The minimum atomic E-state index is -0.459. The highest BCUT2D eigenvalue weighted by atomic mass is 16.5. The minimum absolute atomic E-state index is 0.0718. The third-order valence-electron chi connectivity index (χ3n) is 2.48. The van der Waals surface area contributed by atoms with Gasteiger partial charge in [0.25, 0.3) is 0 Å². The van der Waals surface area contributed by atoms with Gasteiger partial charge in [0.2, 0.25) is 5.91 Å². The van der Waals surface area contributed by atoms with Gasteiger partial charge in [-0.15, -0.1) is 0 Å². The SMILES string of the molecule is Cc1ccc(OCCN(C)C(=O)[C@@H](C)N)cc1. The van der Waals surface area contributed by atoms with Gasteiger partial charge in [-0.25, -0.2) is 0 Å². The molecule has 4 heteroatoms. The quantitative estimate of drug-likeness (QED) is 0.835. The van der Waals surface area contributed by atoms with Crippen LogP contribution < -0.4 is 10.5 Å². The molecule has 17 heavy (non-hydrogen) atoms. The molecule has 0 aromatic heterocycles. The molecule has 0 aliphatic carbocycles. The van der Waals surface area contributed by atoms with E-state index in [0.29, 0.717) is 13.2 Å². The zero-order valence-corrected chi connectivity index (χ0v) is 10.6. The van der Waals surface area contributed by atoms with Gasteiger partial charge in [-0.05, 0) is 26.0 Å². The van der Waals surface area contributed by atoms with Gasteiger partial charge in [0.05, 0.1) is 12.6 Å². The molecule has 0 spiro atoms. The third-order valence-corrected chi connectivity index (χ3v) is 2.48. The van der Waals surface area contributed by atoms with E-state index in [-0.39, 0.29) is 5.91 Å². The second-order valence-corrected chi connectivity index (χ2v) is 4.21. The van der Waals surface area contributed by atoms with Crippen molar-refractivity contribution in [1.29, 1.82) is 0 Å². The number of carbonyl (C=O) groups excluding carboxylic acids is 1. The van der Waals surface area contributed by atoms with Crippen LogP contribution in [0.25, 0.3) is 0 Å². The van der Waals surface area contributed by atoms with Crippen molar-refractivity contribution >= 4 is 5.91 Å². The monoisotopic (exact) mass is 236 g/mol. The number of nitrogens with two attached hydrogens (primary N) is 1. The molecule has 1 rings (SSSR count). The Balaban J connectivity index is 2.33. The molecular weight excluding hydrogens is 216 g/mol. The zero-order chi connectivity index (χ0) is 12.8. The predicted octanol–water partition coefficient (Wildman–Crippen LogP) is 1.18. The molecule has 0 heterocycles. The number of likely N-dealkylation sites (N-methyl/N-ethyl adjacent to an activating group) is 1. The molecule has 0 saturated carbocycles. The van der Waals surface area contributed by atoms with Gasteiger partial charge >= 0.3 is 0 Å². The summed E-state index contributed by atoms with van der Waals surface area (Å²) < 4.78 is 5.53. The first-order valence-electron chi connectivity index (χ1n) is 5.70. The highest BCUT2D eigenvalue weighted by Gasteiger charge is 2.12. The van der Waals surface area contributed by atoms with Gasteiger partial charge in [-0.1, -0.05) is 17.7 Å². The van der Waals surface area contributed by atoms with E-state index in [1.807, 2.05) is 31.2 Å². The van der Waals surface area contributed by atoms with Gasteiger partial charge in [0, 0.05) is 7.05 Å². The van der Waals surface area contributed by atoms with Crippen molar-refractivity contribution in [2.24, 2.45) is 5.73 Å². The predicted molar refractivity (Wildman–Crippen MR) is 68.0 cm³/mol. The van der Waals surface area contributed by atoms with Crippen LogP contribution in [0.3, 0.4) is 0 Å². The second kappa shape index (κ2) is 6.25. The normalized spacial score (nSPS) is 12.0. The maximum Gasteiger partial charge on any atom is 0.239 e. The summed E-state index contributed by atoms with van der Waals surface area (Å²) in [4.78, 5) is 13.1. The van der Waals surface area contributed by atoms with Gasteiger partial charge < -0.3 is 15.4 Å². The third kappa shape index (κ3) is 4.44. The maximum atomic E-state index is 11.5. The van der Waals surface area contributed by atoms with Crippen molar-refractivity contribution in [3.05, 3.63) is 29.8 Å². The second-order valence-electron chi connectivity index (χ2n) is 4.21. The summed E-state index contributed by atoms with van der Waals surface area (Å²) in [5.41, 5.74) is 6.70. The Morgan fingerprint density at radius 3 is 2.53 bits per heavy atom. The Labute approximate surface area is 102 Å². The molecule has 0 radical (unpaired) electrons. The molecule has 0 saturated heterocycles. The standard InChI is InChI=1S/C13H20N2O2/c1-10-4-6-12(7-5-10)17-9-8-15(3)13(16)11(2)14/h4-7,11H,8-9,14H2,1-3H3/t11-/m1/s1. The van der Waals surface area contributed by atoms with Crippen LogP contribution in [0.2, 0.25) is 0 Å². The lowest BCUT2D eigenvalue weighted by atomic mass is 10.2. The molecular formula is C13H20N2O2. The zero-order valence-electron chi connectivity index (χ0n) is 10.6. The van der Waals surface area contributed by atoms with Crippen LogP contribution in [0.1, 0.15) is 12.5 Å². The van der Waals surface area contributed by atoms with Crippen molar-refractivity contribution in [3.8, 4) is 5.75 Å². The summed E-state index contributed by atoms with van der Waals surface area (Å²) in [6.07, 6.45) is 0. The first kappa shape index (κ1) is 13.5. The number of carbonyl (C=O) groups is 1. The van der Waals surface area contributed by atoms with Gasteiger partial charge in [0.1, 0.15) is 12.4 Å². The molecule has 0 aliphatic rings. The van der Waals surface area contributed by atoms with E-state index >= 15 is 0 Å². The Hall–Kier alpha value is -1.55. The average molecular weight is 236 g/mol. The van der Waals surface area contributed by atoms with Crippen LogP contribution in [0, 0.1) is 6.92 Å². The number of amides is 1. The lowest BCUT2D eigenvalue weighted by molar-refractivity contribution is -0.131. The van der Waals surface area contributed by atoms with E-state index in [4.69, 9.17) is 10.5 Å². The molecule has 0 bridgehead atoms. The van der Waals surface area contributed by atoms with Crippen LogP contribution in [-0.2, 0) is 4.79 Å². The topological polar surface area (TPSA) is 55.6 Å². The van der Waals surface area contributed by atoms with Gasteiger partial charge in [0.15, 0.2) is 0 Å². The highest BCUT2D eigenvalue weighted by Crippen LogP contribution is 2.11. The van der Waals surface area contributed by atoms with E-state index in [0.717, 1.165) is 5.75 Å². The summed E-state index contributed by atoms with van der Waals surface area (Å²) in [6, 6.07) is 7.36.